The Balaban J connectivity index is 1.87. The van der Waals surface area contributed by atoms with Crippen LogP contribution in [0.1, 0.15) is 37.5 Å². The predicted octanol–water partition coefficient (Wildman–Crippen LogP) is 7.76. The number of sulfonamides is 1. The molecule has 7 nitrogen and oxygen atoms in total. The summed E-state index contributed by atoms with van der Waals surface area (Å²) in [5.74, 6) is -1.35. The number of benzene rings is 4. The monoisotopic (exact) mass is 719 g/mol. The molecule has 0 saturated heterocycles. The number of hydrogen-bond acceptors (Lipinski definition) is 4. The van der Waals surface area contributed by atoms with Gasteiger partial charge < -0.3 is 10.2 Å². The Morgan fingerprint density at radius 1 is 0.812 bits per heavy atom. The predicted molar refractivity (Wildman–Crippen MR) is 181 cm³/mol. The number of anilines is 1. The molecule has 0 saturated carbocycles. The third-order valence-electron chi connectivity index (χ3n) is 7.16. The maximum Gasteiger partial charge on any atom is 0.417 e. The first-order chi connectivity index (χ1) is 22.5. The number of carbonyl (C=O) groups excluding carboxylic acids is 2. The van der Waals surface area contributed by atoms with Crippen molar-refractivity contribution in [2.45, 2.75) is 56.4 Å². The van der Waals surface area contributed by atoms with Crippen LogP contribution in [0.2, 0.25) is 10.0 Å². The quantitative estimate of drug-likeness (QED) is 0.172. The number of alkyl halides is 3. The molecule has 0 aliphatic heterocycles. The van der Waals surface area contributed by atoms with E-state index in [2.05, 4.69) is 5.32 Å². The fourth-order valence-corrected chi connectivity index (χ4v) is 6.84. The van der Waals surface area contributed by atoms with Crippen LogP contribution in [0.25, 0.3) is 0 Å². The summed E-state index contributed by atoms with van der Waals surface area (Å²) >= 11 is 12.1. The van der Waals surface area contributed by atoms with Crippen molar-refractivity contribution >= 4 is 50.7 Å². The molecule has 4 aromatic carbocycles. The fourth-order valence-electron chi connectivity index (χ4n) is 4.97. The van der Waals surface area contributed by atoms with E-state index in [0.717, 1.165) is 17.7 Å². The number of rotatable bonds is 11. The molecule has 4 rings (SSSR count). The van der Waals surface area contributed by atoms with Gasteiger partial charge in [-0.3, -0.25) is 13.9 Å². The van der Waals surface area contributed by atoms with Gasteiger partial charge in [-0.2, -0.15) is 13.2 Å². The van der Waals surface area contributed by atoms with Crippen LogP contribution in [0.15, 0.2) is 108 Å². The number of halogens is 5. The second-order valence-electron chi connectivity index (χ2n) is 12.1. The Kier molecular flexibility index (Phi) is 11.5. The molecule has 4 aromatic rings. The van der Waals surface area contributed by atoms with E-state index in [1.165, 1.54) is 29.2 Å². The normalized spacial score (nSPS) is 12.7. The second-order valence-corrected chi connectivity index (χ2v) is 14.8. The highest BCUT2D eigenvalue weighted by Gasteiger charge is 2.38. The van der Waals surface area contributed by atoms with E-state index in [1.54, 1.807) is 81.4 Å². The molecule has 254 valence electrons. The minimum absolute atomic E-state index is 0.0552. The first kappa shape index (κ1) is 36.8. The van der Waals surface area contributed by atoms with Gasteiger partial charge in [-0.25, -0.2) is 8.42 Å². The fraction of sp³-hybridized carbons (Fsp3) is 0.257. The molecule has 0 heterocycles. The van der Waals surface area contributed by atoms with Crippen molar-refractivity contribution in [3.05, 3.63) is 130 Å². The zero-order valence-electron chi connectivity index (χ0n) is 26.3. The molecule has 0 aromatic heterocycles. The number of nitrogens with zero attached hydrogens (tertiary/aromatic N) is 2. The lowest BCUT2D eigenvalue weighted by Crippen LogP contribution is -2.56. The first-order valence-electron chi connectivity index (χ1n) is 14.8. The third-order valence-corrected chi connectivity index (χ3v) is 9.52. The standard InChI is InChI=1S/C35H34Cl2F3N3O4S/c1-34(2,3)41-33(45)31(20-24-11-6-4-7-12-24)42(22-25-13-10-14-26(36)19-25)32(44)23-43(48(46,47)28-15-8-5-9-16-28)27-17-18-30(37)29(21-27)35(38,39)40/h4-19,21,31H,20,22-23H2,1-3H3,(H,41,45). The van der Waals surface area contributed by atoms with Gasteiger partial charge in [0, 0.05) is 23.5 Å². The Morgan fingerprint density at radius 3 is 2.00 bits per heavy atom. The summed E-state index contributed by atoms with van der Waals surface area (Å²) in [5.41, 5.74) is -1.15. The van der Waals surface area contributed by atoms with E-state index >= 15 is 0 Å². The Hall–Kier alpha value is -4.06. The number of amides is 2. The molecule has 0 aliphatic carbocycles. The molecule has 1 atom stereocenters. The molecule has 2 amide bonds. The molecule has 13 heteroatoms. The zero-order chi connectivity index (χ0) is 35.3. The molecule has 0 radical (unpaired) electrons. The van der Waals surface area contributed by atoms with Gasteiger partial charge in [0.05, 0.1) is 21.2 Å². The summed E-state index contributed by atoms with van der Waals surface area (Å²) < 4.78 is 70.5. The molecular weight excluding hydrogens is 686 g/mol. The van der Waals surface area contributed by atoms with Crippen molar-refractivity contribution in [2.75, 3.05) is 10.8 Å². The summed E-state index contributed by atoms with van der Waals surface area (Å²) in [6, 6.07) is 24.0. The lowest BCUT2D eigenvalue weighted by atomic mass is 10.0. The third kappa shape index (κ3) is 9.52. The van der Waals surface area contributed by atoms with Gasteiger partial charge in [-0.15, -0.1) is 0 Å². The van der Waals surface area contributed by atoms with Crippen LogP contribution in [0.5, 0.6) is 0 Å². The summed E-state index contributed by atoms with van der Waals surface area (Å²) in [6.45, 7) is 4.23. The second kappa shape index (κ2) is 15.0. The van der Waals surface area contributed by atoms with Gasteiger partial charge in [0.1, 0.15) is 12.6 Å². The van der Waals surface area contributed by atoms with E-state index in [-0.39, 0.29) is 17.9 Å². The first-order valence-corrected chi connectivity index (χ1v) is 17.0. The zero-order valence-corrected chi connectivity index (χ0v) is 28.7. The van der Waals surface area contributed by atoms with E-state index in [1.807, 2.05) is 0 Å². The highest BCUT2D eigenvalue weighted by atomic mass is 35.5. The van der Waals surface area contributed by atoms with E-state index < -0.39 is 62.4 Å². The number of carbonyl (C=O) groups is 2. The van der Waals surface area contributed by atoms with Gasteiger partial charge >= 0.3 is 6.18 Å². The van der Waals surface area contributed by atoms with Crippen LogP contribution >= 0.6 is 23.2 Å². The smallest absolute Gasteiger partial charge is 0.350 e. The minimum atomic E-state index is -4.91. The van der Waals surface area contributed by atoms with Crippen LogP contribution in [-0.4, -0.2) is 43.3 Å². The largest absolute Gasteiger partial charge is 0.417 e. The van der Waals surface area contributed by atoms with Crippen molar-refractivity contribution in [2.24, 2.45) is 0 Å². The van der Waals surface area contributed by atoms with Crippen LogP contribution in [-0.2, 0) is 38.8 Å². The number of nitrogens with one attached hydrogen (secondary N) is 1. The summed E-state index contributed by atoms with van der Waals surface area (Å²) in [6.07, 6.45) is -4.86. The van der Waals surface area contributed by atoms with Crippen LogP contribution in [0.4, 0.5) is 18.9 Å². The van der Waals surface area contributed by atoms with Gasteiger partial charge in [-0.05, 0) is 74.4 Å². The van der Waals surface area contributed by atoms with Crippen LogP contribution < -0.4 is 9.62 Å². The van der Waals surface area contributed by atoms with Crippen molar-refractivity contribution in [3.63, 3.8) is 0 Å². The Bertz CT molecular complexity index is 1850. The molecular formula is C35H34Cl2F3N3O4S. The molecule has 0 bridgehead atoms. The summed E-state index contributed by atoms with van der Waals surface area (Å²) in [4.78, 5) is 29.4. The SMILES string of the molecule is CC(C)(C)NC(=O)C(Cc1ccccc1)N(Cc1cccc(Cl)c1)C(=O)CN(c1ccc(Cl)c(C(F)(F)F)c1)S(=O)(=O)c1ccccc1. The van der Waals surface area contributed by atoms with Crippen molar-refractivity contribution in [1.29, 1.82) is 0 Å². The van der Waals surface area contributed by atoms with Gasteiger partial charge in [0.15, 0.2) is 0 Å². The van der Waals surface area contributed by atoms with E-state index in [0.29, 0.717) is 21.0 Å². The lowest BCUT2D eigenvalue weighted by molar-refractivity contribution is -0.140. The average molecular weight is 721 g/mol. The molecule has 0 aliphatic rings. The van der Waals surface area contributed by atoms with Gasteiger partial charge in [-0.1, -0.05) is 83.9 Å². The lowest BCUT2D eigenvalue weighted by Gasteiger charge is -2.35. The van der Waals surface area contributed by atoms with Gasteiger partial charge in [0.25, 0.3) is 10.0 Å². The Morgan fingerprint density at radius 2 is 1.42 bits per heavy atom. The summed E-state index contributed by atoms with van der Waals surface area (Å²) in [5, 5.41) is 2.64. The van der Waals surface area contributed by atoms with Crippen molar-refractivity contribution < 1.29 is 31.2 Å². The summed E-state index contributed by atoms with van der Waals surface area (Å²) in [7, 11) is -4.62. The van der Waals surface area contributed by atoms with Crippen molar-refractivity contribution in [3.8, 4) is 0 Å². The maximum atomic E-state index is 14.5. The Labute approximate surface area is 288 Å². The van der Waals surface area contributed by atoms with E-state index in [4.69, 9.17) is 23.2 Å². The molecule has 0 spiro atoms. The minimum Gasteiger partial charge on any atom is -0.350 e. The maximum absolute atomic E-state index is 14.5. The van der Waals surface area contributed by atoms with Crippen LogP contribution in [0, 0.1) is 0 Å². The number of hydrogen-bond donors (Lipinski definition) is 1. The molecule has 1 N–H and O–H groups in total. The molecule has 48 heavy (non-hydrogen) atoms. The highest BCUT2D eigenvalue weighted by Crippen LogP contribution is 2.38. The van der Waals surface area contributed by atoms with E-state index in [9.17, 15) is 31.2 Å². The topological polar surface area (TPSA) is 86.8 Å². The van der Waals surface area contributed by atoms with Gasteiger partial charge in [0.2, 0.25) is 11.8 Å². The average Bonchev–Trinajstić information content (AvgIpc) is 3.01. The molecule has 0 fully saturated rings. The van der Waals surface area contributed by atoms with Crippen molar-refractivity contribution in [1.82, 2.24) is 10.2 Å². The van der Waals surface area contributed by atoms with Crippen LogP contribution in [0.3, 0.4) is 0 Å². The molecule has 1 unspecified atom stereocenters. The highest BCUT2D eigenvalue weighted by molar-refractivity contribution is 7.92.